The van der Waals surface area contributed by atoms with Gasteiger partial charge in [0.15, 0.2) is 5.13 Å². The van der Waals surface area contributed by atoms with Crippen molar-refractivity contribution in [3.05, 3.63) is 11.6 Å². The second-order valence-electron chi connectivity index (χ2n) is 7.23. The Morgan fingerprint density at radius 3 is 2.87 bits per heavy atom. The number of anilines is 1. The van der Waals surface area contributed by atoms with Gasteiger partial charge in [-0.2, -0.15) is 0 Å². The van der Waals surface area contributed by atoms with Crippen molar-refractivity contribution in [2.24, 2.45) is 23.7 Å². The van der Waals surface area contributed by atoms with E-state index >= 15 is 0 Å². The molecule has 1 aliphatic heterocycles. The average Bonchev–Trinajstić information content (AvgIpc) is 3.32. The van der Waals surface area contributed by atoms with Gasteiger partial charge in [0.05, 0.1) is 5.92 Å². The number of rotatable bonds is 3. The summed E-state index contributed by atoms with van der Waals surface area (Å²) < 4.78 is 0. The van der Waals surface area contributed by atoms with E-state index < -0.39 is 0 Å². The van der Waals surface area contributed by atoms with Gasteiger partial charge in [-0.15, -0.1) is 11.3 Å². The number of thiazole rings is 1. The molecule has 124 valence electrons. The van der Waals surface area contributed by atoms with E-state index in [1.165, 1.54) is 30.6 Å². The zero-order chi connectivity index (χ0) is 15.8. The summed E-state index contributed by atoms with van der Waals surface area (Å²) in [6, 6.07) is 0. The molecular weight excluding hydrogens is 310 g/mol. The molecular formula is C17H23N3O2S. The van der Waals surface area contributed by atoms with Crippen LogP contribution in [0.2, 0.25) is 0 Å². The quantitative estimate of drug-likeness (QED) is 0.925. The lowest BCUT2D eigenvalue weighted by Gasteiger charge is -2.35. The van der Waals surface area contributed by atoms with Crippen molar-refractivity contribution in [2.45, 2.75) is 38.5 Å². The number of hydrogen-bond donors (Lipinski definition) is 1. The number of nitrogens with zero attached hydrogens (tertiary/aromatic N) is 2. The first-order chi connectivity index (χ1) is 11.2. The molecule has 1 aromatic rings. The monoisotopic (exact) mass is 333 g/mol. The maximum absolute atomic E-state index is 12.9. The third-order valence-corrected chi connectivity index (χ3v) is 6.51. The average molecular weight is 333 g/mol. The van der Waals surface area contributed by atoms with Gasteiger partial charge in [0.1, 0.15) is 0 Å². The summed E-state index contributed by atoms with van der Waals surface area (Å²) in [5.74, 6) is 1.83. The van der Waals surface area contributed by atoms with Crippen LogP contribution in [0.1, 0.15) is 38.5 Å². The number of carbonyl (C=O) groups excluding carboxylic acids is 2. The zero-order valence-electron chi connectivity index (χ0n) is 13.2. The summed E-state index contributed by atoms with van der Waals surface area (Å²) in [5.41, 5.74) is 0. The minimum Gasteiger partial charge on any atom is -0.342 e. The molecule has 1 N–H and O–H groups in total. The molecule has 23 heavy (non-hydrogen) atoms. The lowest BCUT2D eigenvalue weighted by molar-refractivity contribution is -0.140. The fraction of sp³-hybridized carbons (Fsp3) is 0.706. The summed E-state index contributed by atoms with van der Waals surface area (Å²) in [6.07, 6.45) is 8.33. The number of amides is 2. The number of fused-ring (bicyclic) bond motifs is 2. The molecule has 2 heterocycles. The van der Waals surface area contributed by atoms with Gasteiger partial charge in [0, 0.05) is 30.6 Å². The van der Waals surface area contributed by atoms with E-state index in [-0.39, 0.29) is 17.7 Å². The van der Waals surface area contributed by atoms with Crippen LogP contribution in [0.5, 0.6) is 0 Å². The minimum atomic E-state index is -0.102. The lowest BCUT2D eigenvalue weighted by Crippen LogP contribution is -2.46. The SMILES string of the molecule is O=C(Nc1nccs1)[C@H]1CCCN(C(=O)[C@@H]2C[C@H]3CC[C@H]2C3)C1. The van der Waals surface area contributed by atoms with Crippen LogP contribution in [-0.4, -0.2) is 34.8 Å². The number of hydrogen-bond acceptors (Lipinski definition) is 4. The molecule has 1 aromatic heterocycles. The first-order valence-electron chi connectivity index (χ1n) is 8.70. The summed E-state index contributed by atoms with van der Waals surface area (Å²) in [4.78, 5) is 31.3. The topological polar surface area (TPSA) is 62.3 Å². The molecule has 0 aromatic carbocycles. The van der Waals surface area contributed by atoms with Crippen molar-refractivity contribution in [3.63, 3.8) is 0 Å². The van der Waals surface area contributed by atoms with Gasteiger partial charge in [-0.25, -0.2) is 4.98 Å². The third-order valence-electron chi connectivity index (χ3n) is 5.82. The van der Waals surface area contributed by atoms with Crippen LogP contribution in [-0.2, 0) is 9.59 Å². The van der Waals surface area contributed by atoms with Crippen LogP contribution in [0.3, 0.4) is 0 Å². The molecule has 1 saturated heterocycles. The molecule has 0 unspecified atom stereocenters. The van der Waals surface area contributed by atoms with Crippen molar-refractivity contribution in [2.75, 3.05) is 18.4 Å². The van der Waals surface area contributed by atoms with Crippen LogP contribution in [0.4, 0.5) is 5.13 Å². The Balaban J connectivity index is 1.37. The molecule has 4 atom stereocenters. The van der Waals surface area contributed by atoms with E-state index in [1.807, 2.05) is 10.3 Å². The molecule has 2 bridgehead atoms. The summed E-state index contributed by atoms with van der Waals surface area (Å²) in [5, 5.41) is 5.37. The van der Waals surface area contributed by atoms with Gasteiger partial charge < -0.3 is 10.2 Å². The Morgan fingerprint density at radius 1 is 1.26 bits per heavy atom. The van der Waals surface area contributed by atoms with E-state index in [2.05, 4.69) is 10.3 Å². The van der Waals surface area contributed by atoms with Gasteiger partial charge in [0.2, 0.25) is 11.8 Å². The fourth-order valence-electron chi connectivity index (χ4n) is 4.67. The van der Waals surface area contributed by atoms with E-state index in [1.54, 1.807) is 6.20 Å². The van der Waals surface area contributed by atoms with Gasteiger partial charge in [-0.05, 0) is 43.9 Å². The number of aromatic nitrogens is 1. The Kier molecular flexibility index (Phi) is 4.09. The maximum Gasteiger partial charge on any atom is 0.231 e. The van der Waals surface area contributed by atoms with Crippen molar-refractivity contribution in [1.82, 2.24) is 9.88 Å². The normalized spacial score (nSPS) is 33.0. The highest BCUT2D eigenvalue weighted by Crippen LogP contribution is 2.49. The smallest absolute Gasteiger partial charge is 0.231 e. The van der Waals surface area contributed by atoms with Crippen LogP contribution in [0.15, 0.2) is 11.6 Å². The van der Waals surface area contributed by atoms with Crippen LogP contribution < -0.4 is 5.32 Å². The van der Waals surface area contributed by atoms with Crippen molar-refractivity contribution >= 4 is 28.3 Å². The van der Waals surface area contributed by atoms with Crippen molar-refractivity contribution in [3.8, 4) is 0 Å². The first-order valence-corrected chi connectivity index (χ1v) is 9.58. The largest absolute Gasteiger partial charge is 0.342 e. The molecule has 4 rings (SSSR count). The summed E-state index contributed by atoms with van der Waals surface area (Å²) in [7, 11) is 0. The molecule has 0 spiro atoms. The summed E-state index contributed by atoms with van der Waals surface area (Å²) >= 11 is 1.43. The van der Waals surface area contributed by atoms with E-state index in [0.717, 1.165) is 31.7 Å². The highest BCUT2D eigenvalue weighted by Gasteiger charge is 2.45. The molecule has 3 aliphatic rings. The Bertz CT molecular complexity index is 589. The first kappa shape index (κ1) is 15.1. The Morgan fingerprint density at radius 2 is 2.17 bits per heavy atom. The molecule has 3 fully saturated rings. The third kappa shape index (κ3) is 3.01. The number of carbonyl (C=O) groups is 2. The highest BCUT2D eigenvalue weighted by atomic mass is 32.1. The van der Waals surface area contributed by atoms with Gasteiger partial charge >= 0.3 is 0 Å². The van der Waals surface area contributed by atoms with Crippen molar-refractivity contribution < 1.29 is 9.59 Å². The Labute approximate surface area is 140 Å². The molecule has 2 amide bonds. The highest BCUT2D eigenvalue weighted by molar-refractivity contribution is 7.13. The van der Waals surface area contributed by atoms with Crippen LogP contribution >= 0.6 is 11.3 Å². The fourth-order valence-corrected chi connectivity index (χ4v) is 5.20. The maximum atomic E-state index is 12.9. The van der Waals surface area contributed by atoms with Gasteiger partial charge in [-0.1, -0.05) is 6.42 Å². The van der Waals surface area contributed by atoms with E-state index in [0.29, 0.717) is 23.5 Å². The molecule has 5 nitrogen and oxygen atoms in total. The number of piperidine rings is 1. The summed E-state index contributed by atoms with van der Waals surface area (Å²) in [6.45, 7) is 1.39. The predicted octanol–water partition coefficient (Wildman–Crippen LogP) is 2.76. The van der Waals surface area contributed by atoms with Crippen LogP contribution in [0, 0.1) is 23.7 Å². The molecule has 2 saturated carbocycles. The molecule has 2 aliphatic carbocycles. The van der Waals surface area contributed by atoms with E-state index in [9.17, 15) is 9.59 Å². The minimum absolute atomic E-state index is 0.00499. The Hall–Kier alpha value is -1.43. The van der Waals surface area contributed by atoms with Gasteiger partial charge in [-0.3, -0.25) is 9.59 Å². The zero-order valence-corrected chi connectivity index (χ0v) is 14.1. The lowest BCUT2D eigenvalue weighted by atomic mass is 9.86. The second kappa shape index (κ2) is 6.23. The second-order valence-corrected chi connectivity index (χ2v) is 8.13. The standard InChI is InChI=1S/C17H23N3O2S/c21-15(19-17-18-5-7-23-17)13-2-1-6-20(10-13)16(22)14-9-11-3-4-12(14)8-11/h5,7,11-14H,1-4,6,8-10H2,(H,18,19,21)/t11-,12-,13-,14+/m0/s1. The molecule has 0 radical (unpaired) electrons. The van der Waals surface area contributed by atoms with Crippen molar-refractivity contribution in [1.29, 1.82) is 0 Å². The van der Waals surface area contributed by atoms with E-state index in [4.69, 9.17) is 0 Å². The van der Waals surface area contributed by atoms with Gasteiger partial charge in [0.25, 0.3) is 0 Å². The number of nitrogens with one attached hydrogen (secondary N) is 1. The van der Waals surface area contributed by atoms with Crippen LogP contribution in [0.25, 0.3) is 0 Å². The molecule has 6 heteroatoms. The number of likely N-dealkylation sites (tertiary alicyclic amines) is 1. The predicted molar refractivity (Wildman–Crippen MR) is 89.0 cm³/mol.